The summed E-state index contributed by atoms with van der Waals surface area (Å²) in [7, 11) is 0. The van der Waals surface area contributed by atoms with Crippen molar-refractivity contribution in [3.8, 4) is 0 Å². The van der Waals surface area contributed by atoms with Crippen LogP contribution in [0.2, 0.25) is 0 Å². The molecule has 0 saturated heterocycles. The fourth-order valence-electron chi connectivity index (χ4n) is 2.56. The van der Waals surface area contributed by atoms with E-state index in [0.717, 1.165) is 30.7 Å². The van der Waals surface area contributed by atoms with Gasteiger partial charge in [-0.1, -0.05) is 6.42 Å². The topological polar surface area (TPSA) is 62.2 Å². The molecule has 1 fully saturated rings. The van der Waals surface area contributed by atoms with Gasteiger partial charge in [-0.3, -0.25) is 4.79 Å². The van der Waals surface area contributed by atoms with Crippen molar-refractivity contribution >= 4 is 17.3 Å². The van der Waals surface area contributed by atoms with Crippen LogP contribution < -0.4 is 5.32 Å². The minimum Gasteiger partial charge on any atom is -0.481 e. The highest BCUT2D eigenvalue weighted by molar-refractivity contribution is 7.11. The third-order valence-corrected chi connectivity index (χ3v) is 4.61. The zero-order chi connectivity index (χ0) is 13.1. The van der Waals surface area contributed by atoms with Crippen LogP contribution in [0.5, 0.6) is 0 Å². The summed E-state index contributed by atoms with van der Waals surface area (Å²) in [4.78, 5) is 16.6. The molecule has 2 N–H and O–H groups in total. The molecule has 0 aliphatic heterocycles. The number of aromatic nitrogens is 1. The van der Waals surface area contributed by atoms with E-state index in [0.29, 0.717) is 6.04 Å². The molecule has 5 heteroatoms. The molecule has 4 nitrogen and oxygen atoms in total. The first-order chi connectivity index (χ1) is 8.56. The van der Waals surface area contributed by atoms with Gasteiger partial charge in [0.15, 0.2) is 0 Å². The molecule has 0 bridgehead atoms. The van der Waals surface area contributed by atoms with Crippen molar-refractivity contribution in [2.24, 2.45) is 5.92 Å². The fourth-order valence-corrected chi connectivity index (χ4v) is 3.35. The zero-order valence-corrected chi connectivity index (χ0v) is 11.7. The third-order valence-electron chi connectivity index (χ3n) is 3.52. The van der Waals surface area contributed by atoms with Gasteiger partial charge < -0.3 is 10.4 Å². The minimum atomic E-state index is -0.653. The SMILES string of the molecule is Cc1cnc(C(C)NC2CCCC(C(=O)O)C2)s1. The van der Waals surface area contributed by atoms with Crippen LogP contribution in [-0.2, 0) is 4.79 Å². The van der Waals surface area contributed by atoms with Crippen LogP contribution in [0, 0.1) is 12.8 Å². The number of carboxylic acids is 1. The number of thiazole rings is 1. The largest absolute Gasteiger partial charge is 0.481 e. The van der Waals surface area contributed by atoms with Crippen LogP contribution in [0.15, 0.2) is 6.20 Å². The maximum Gasteiger partial charge on any atom is 0.306 e. The fraction of sp³-hybridized carbons (Fsp3) is 0.692. The second kappa shape index (κ2) is 5.80. The molecule has 3 atom stereocenters. The lowest BCUT2D eigenvalue weighted by atomic mass is 9.85. The summed E-state index contributed by atoms with van der Waals surface area (Å²) in [5.74, 6) is -0.833. The van der Waals surface area contributed by atoms with E-state index in [9.17, 15) is 4.79 Å². The summed E-state index contributed by atoms with van der Waals surface area (Å²) < 4.78 is 0. The van der Waals surface area contributed by atoms with Crippen LogP contribution in [0.1, 0.15) is 48.5 Å². The summed E-state index contributed by atoms with van der Waals surface area (Å²) in [6, 6.07) is 0.514. The zero-order valence-electron chi connectivity index (χ0n) is 10.8. The second-order valence-corrected chi connectivity index (χ2v) is 6.36. The smallest absolute Gasteiger partial charge is 0.306 e. The van der Waals surface area contributed by atoms with Crippen molar-refractivity contribution in [3.63, 3.8) is 0 Å². The summed E-state index contributed by atoms with van der Waals surface area (Å²) in [6.45, 7) is 4.15. The average Bonchev–Trinajstić information content (AvgIpc) is 2.76. The van der Waals surface area contributed by atoms with E-state index in [1.54, 1.807) is 11.3 Å². The van der Waals surface area contributed by atoms with Gasteiger partial charge in [-0.15, -0.1) is 11.3 Å². The number of nitrogens with one attached hydrogen (secondary N) is 1. The molecule has 0 aromatic carbocycles. The first kappa shape index (κ1) is 13.5. The lowest BCUT2D eigenvalue weighted by Gasteiger charge is -2.29. The molecule has 1 aliphatic carbocycles. The quantitative estimate of drug-likeness (QED) is 0.881. The Kier molecular flexibility index (Phi) is 4.35. The van der Waals surface area contributed by atoms with E-state index in [1.165, 1.54) is 4.88 Å². The number of carboxylic acid groups (broad SMARTS) is 1. The number of nitrogens with zero attached hydrogens (tertiary/aromatic N) is 1. The van der Waals surface area contributed by atoms with Gasteiger partial charge in [0.05, 0.1) is 12.0 Å². The molecule has 18 heavy (non-hydrogen) atoms. The van der Waals surface area contributed by atoms with E-state index in [1.807, 2.05) is 6.20 Å². The van der Waals surface area contributed by atoms with Crippen molar-refractivity contribution in [3.05, 3.63) is 16.1 Å². The Morgan fingerprint density at radius 3 is 3.00 bits per heavy atom. The standard InChI is InChI=1S/C13H20N2O2S/c1-8-7-14-12(18-8)9(2)15-11-5-3-4-10(6-11)13(16)17/h7,9-11,15H,3-6H2,1-2H3,(H,16,17). The molecule has 0 amide bonds. The number of hydrogen-bond acceptors (Lipinski definition) is 4. The van der Waals surface area contributed by atoms with Gasteiger partial charge in [0.25, 0.3) is 0 Å². The molecule has 1 heterocycles. The van der Waals surface area contributed by atoms with E-state index in [2.05, 4.69) is 24.1 Å². The number of aliphatic carboxylic acids is 1. The molecule has 0 radical (unpaired) electrons. The minimum absolute atomic E-state index is 0.179. The monoisotopic (exact) mass is 268 g/mol. The number of carbonyl (C=O) groups is 1. The maximum absolute atomic E-state index is 11.0. The summed E-state index contributed by atoms with van der Waals surface area (Å²) in [6.07, 6.45) is 5.51. The molecule has 2 rings (SSSR count). The lowest BCUT2D eigenvalue weighted by Crippen LogP contribution is -2.37. The number of hydrogen-bond donors (Lipinski definition) is 2. The van der Waals surface area contributed by atoms with Gasteiger partial charge in [0.1, 0.15) is 5.01 Å². The Bertz CT molecular complexity index is 419. The normalized spacial score (nSPS) is 25.9. The van der Waals surface area contributed by atoms with E-state index in [4.69, 9.17) is 5.11 Å². The van der Waals surface area contributed by atoms with Crippen LogP contribution in [-0.4, -0.2) is 22.1 Å². The Hall–Kier alpha value is -0.940. The molecule has 1 aromatic rings. The van der Waals surface area contributed by atoms with Crippen molar-refractivity contribution in [1.29, 1.82) is 0 Å². The van der Waals surface area contributed by atoms with Gasteiger partial charge in [0, 0.05) is 17.1 Å². The van der Waals surface area contributed by atoms with Crippen LogP contribution in [0.25, 0.3) is 0 Å². The lowest BCUT2D eigenvalue weighted by molar-refractivity contribution is -0.143. The molecule has 3 unspecified atom stereocenters. The van der Waals surface area contributed by atoms with E-state index in [-0.39, 0.29) is 12.0 Å². The van der Waals surface area contributed by atoms with Crippen LogP contribution in [0.4, 0.5) is 0 Å². The average molecular weight is 268 g/mol. The highest BCUT2D eigenvalue weighted by atomic mass is 32.1. The van der Waals surface area contributed by atoms with Gasteiger partial charge in [-0.25, -0.2) is 4.98 Å². The Morgan fingerprint density at radius 2 is 2.39 bits per heavy atom. The summed E-state index contributed by atoms with van der Waals surface area (Å²) in [5, 5.41) is 13.7. The van der Waals surface area contributed by atoms with Crippen molar-refractivity contribution in [1.82, 2.24) is 10.3 Å². The molecule has 1 aromatic heterocycles. The van der Waals surface area contributed by atoms with Gasteiger partial charge >= 0.3 is 5.97 Å². The predicted molar refractivity (Wildman–Crippen MR) is 71.8 cm³/mol. The molecule has 0 spiro atoms. The van der Waals surface area contributed by atoms with Crippen LogP contribution in [0.3, 0.4) is 0 Å². The second-order valence-electron chi connectivity index (χ2n) is 5.10. The highest BCUT2D eigenvalue weighted by Crippen LogP contribution is 2.27. The molecule has 100 valence electrons. The number of rotatable bonds is 4. The molecule has 1 saturated carbocycles. The Balaban J connectivity index is 1.91. The highest BCUT2D eigenvalue weighted by Gasteiger charge is 2.28. The summed E-state index contributed by atoms with van der Waals surface area (Å²) >= 11 is 1.70. The number of aryl methyl sites for hydroxylation is 1. The van der Waals surface area contributed by atoms with Crippen LogP contribution >= 0.6 is 11.3 Å². The summed E-state index contributed by atoms with van der Waals surface area (Å²) in [5.41, 5.74) is 0. The van der Waals surface area contributed by atoms with Gasteiger partial charge in [-0.2, -0.15) is 0 Å². The maximum atomic E-state index is 11.0. The molecule has 1 aliphatic rings. The van der Waals surface area contributed by atoms with Crippen molar-refractivity contribution in [2.75, 3.05) is 0 Å². The Labute approximate surface area is 111 Å². The Morgan fingerprint density at radius 1 is 1.61 bits per heavy atom. The first-order valence-corrected chi connectivity index (χ1v) is 7.29. The predicted octanol–water partition coefficient (Wildman–Crippen LogP) is 2.75. The first-order valence-electron chi connectivity index (χ1n) is 6.47. The van der Waals surface area contributed by atoms with Gasteiger partial charge in [-0.05, 0) is 33.1 Å². The third kappa shape index (κ3) is 3.29. The molecular weight excluding hydrogens is 248 g/mol. The van der Waals surface area contributed by atoms with Crippen molar-refractivity contribution < 1.29 is 9.90 Å². The molecular formula is C13H20N2O2S. The van der Waals surface area contributed by atoms with Crippen molar-refractivity contribution in [2.45, 2.75) is 51.6 Å². The van der Waals surface area contributed by atoms with E-state index >= 15 is 0 Å². The van der Waals surface area contributed by atoms with Gasteiger partial charge in [0.2, 0.25) is 0 Å². The van der Waals surface area contributed by atoms with E-state index < -0.39 is 5.97 Å².